The lowest BCUT2D eigenvalue weighted by atomic mass is 10.2. The van der Waals surface area contributed by atoms with Gasteiger partial charge in [0.25, 0.3) is 0 Å². The van der Waals surface area contributed by atoms with Gasteiger partial charge >= 0.3 is 0 Å². The van der Waals surface area contributed by atoms with Crippen molar-refractivity contribution in [2.24, 2.45) is 5.73 Å². The Labute approximate surface area is 132 Å². The zero-order valence-electron chi connectivity index (χ0n) is 11.1. The molecule has 6 nitrogen and oxygen atoms in total. The maximum Gasteiger partial charge on any atom is 0.243 e. The van der Waals surface area contributed by atoms with Crippen LogP contribution in [0.25, 0.3) is 11.4 Å². The average molecular weight is 350 g/mol. The van der Waals surface area contributed by atoms with E-state index in [9.17, 15) is 8.42 Å². The molecule has 0 radical (unpaired) electrons. The van der Waals surface area contributed by atoms with E-state index >= 15 is 0 Å². The van der Waals surface area contributed by atoms with Gasteiger partial charge in [-0.25, -0.2) is 8.42 Å². The largest absolute Gasteiger partial charge is 0.337 e. The highest BCUT2D eigenvalue weighted by atomic mass is 35.5. The highest BCUT2D eigenvalue weighted by molar-refractivity contribution is 7.90. The molecule has 1 aromatic heterocycles. The Balaban J connectivity index is 2.15. The number of nitrogens with zero attached hydrogens (tertiary/aromatic N) is 2. The smallest absolute Gasteiger partial charge is 0.243 e. The second-order valence-corrected chi connectivity index (χ2v) is 7.68. The molecule has 0 aliphatic heterocycles. The van der Waals surface area contributed by atoms with E-state index in [0.717, 1.165) is 6.26 Å². The molecule has 1 heterocycles. The van der Waals surface area contributed by atoms with E-state index < -0.39 is 15.9 Å². The van der Waals surface area contributed by atoms with E-state index in [1.54, 1.807) is 18.2 Å². The number of hydrogen-bond donors (Lipinski definition) is 1. The molecule has 1 atom stereocenters. The minimum absolute atomic E-state index is 0.0430. The van der Waals surface area contributed by atoms with Crippen molar-refractivity contribution in [3.63, 3.8) is 0 Å². The molecule has 2 aromatic rings. The third-order valence-corrected chi connectivity index (χ3v) is 4.45. The summed E-state index contributed by atoms with van der Waals surface area (Å²) in [5.74, 6) is 0.455. The molecule has 2 N–H and O–H groups in total. The van der Waals surface area contributed by atoms with Crippen LogP contribution in [0.3, 0.4) is 0 Å². The highest BCUT2D eigenvalue weighted by Crippen LogP contribution is 2.27. The number of aromatic nitrogens is 2. The molecular formula is C12H13Cl2N3O3S. The molecule has 21 heavy (non-hydrogen) atoms. The van der Waals surface area contributed by atoms with Gasteiger partial charge in [0.2, 0.25) is 11.7 Å². The van der Waals surface area contributed by atoms with Crippen LogP contribution in [-0.4, -0.2) is 30.6 Å². The first kappa shape index (κ1) is 16.2. The Bertz CT molecular complexity index is 746. The Morgan fingerprint density at radius 3 is 2.67 bits per heavy atom. The number of hydrogen-bond acceptors (Lipinski definition) is 6. The van der Waals surface area contributed by atoms with Crippen LogP contribution in [0.4, 0.5) is 0 Å². The Kier molecular flexibility index (Phi) is 4.88. The fourth-order valence-corrected chi connectivity index (χ4v) is 2.58. The zero-order valence-corrected chi connectivity index (χ0v) is 13.4. The predicted octanol–water partition coefficient (Wildman–Crippen LogP) is 2.48. The maximum absolute atomic E-state index is 11.1. The first-order valence-electron chi connectivity index (χ1n) is 5.98. The molecule has 2 rings (SSSR count). The van der Waals surface area contributed by atoms with Crippen LogP contribution in [0.2, 0.25) is 10.0 Å². The Morgan fingerprint density at radius 2 is 2.05 bits per heavy atom. The maximum atomic E-state index is 11.1. The standard InChI is InChI=1S/C12H13Cl2N3O3S/c1-21(18,19)5-4-10(15)12-16-11(17-20-12)7-2-3-8(13)9(14)6-7/h2-3,6,10H,4-5,15H2,1H3. The van der Waals surface area contributed by atoms with Crippen molar-refractivity contribution in [3.05, 3.63) is 34.1 Å². The van der Waals surface area contributed by atoms with E-state index in [1.807, 2.05) is 0 Å². The van der Waals surface area contributed by atoms with Crippen molar-refractivity contribution in [1.29, 1.82) is 0 Å². The lowest BCUT2D eigenvalue weighted by Crippen LogP contribution is -2.16. The van der Waals surface area contributed by atoms with Crippen LogP contribution in [0, 0.1) is 0 Å². The summed E-state index contributed by atoms with van der Waals surface area (Å²) in [6, 6.07) is 4.30. The van der Waals surface area contributed by atoms with E-state index in [1.165, 1.54) is 0 Å². The van der Waals surface area contributed by atoms with Crippen LogP contribution in [0.15, 0.2) is 22.7 Å². The van der Waals surface area contributed by atoms with Gasteiger partial charge < -0.3 is 10.3 Å². The lowest BCUT2D eigenvalue weighted by molar-refractivity contribution is 0.352. The quantitative estimate of drug-likeness (QED) is 0.889. The van der Waals surface area contributed by atoms with Crippen molar-refractivity contribution in [2.75, 3.05) is 12.0 Å². The lowest BCUT2D eigenvalue weighted by Gasteiger charge is -2.04. The fraction of sp³-hybridized carbons (Fsp3) is 0.333. The van der Waals surface area contributed by atoms with Gasteiger partial charge in [-0.1, -0.05) is 28.4 Å². The monoisotopic (exact) mass is 349 g/mol. The number of benzene rings is 1. The van der Waals surface area contributed by atoms with Crippen molar-refractivity contribution >= 4 is 33.0 Å². The van der Waals surface area contributed by atoms with Crippen LogP contribution in [0.5, 0.6) is 0 Å². The second kappa shape index (κ2) is 6.31. The summed E-state index contributed by atoms with van der Waals surface area (Å²) in [5, 5.41) is 4.61. The molecule has 0 spiro atoms. The van der Waals surface area contributed by atoms with Crippen molar-refractivity contribution < 1.29 is 12.9 Å². The number of nitrogens with two attached hydrogens (primary N) is 1. The van der Waals surface area contributed by atoms with Crippen molar-refractivity contribution in [1.82, 2.24) is 10.1 Å². The highest BCUT2D eigenvalue weighted by Gasteiger charge is 2.18. The van der Waals surface area contributed by atoms with Gasteiger partial charge in [-0.2, -0.15) is 4.98 Å². The van der Waals surface area contributed by atoms with Crippen molar-refractivity contribution in [3.8, 4) is 11.4 Å². The van der Waals surface area contributed by atoms with Gasteiger partial charge in [-0.05, 0) is 24.6 Å². The first-order chi connectivity index (χ1) is 9.76. The van der Waals surface area contributed by atoms with Crippen LogP contribution in [0.1, 0.15) is 18.4 Å². The molecule has 1 unspecified atom stereocenters. The number of halogens is 2. The molecule has 0 saturated heterocycles. The van der Waals surface area contributed by atoms with Crippen LogP contribution >= 0.6 is 23.2 Å². The molecule has 0 bridgehead atoms. The van der Waals surface area contributed by atoms with Gasteiger partial charge in [0, 0.05) is 11.8 Å². The summed E-state index contributed by atoms with van der Waals surface area (Å²) >= 11 is 11.8. The van der Waals surface area contributed by atoms with Crippen molar-refractivity contribution in [2.45, 2.75) is 12.5 Å². The average Bonchev–Trinajstić information content (AvgIpc) is 2.88. The molecule has 1 aromatic carbocycles. The topological polar surface area (TPSA) is 99.1 Å². The minimum Gasteiger partial charge on any atom is -0.337 e. The molecule has 0 aliphatic carbocycles. The normalized spacial score (nSPS) is 13.3. The van der Waals surface area contributed by atoms with Gasteiger partial charge in [0.1, 0.15) is 9.84 Å². The minimum atomic E-state index is -3.08. The third kappa shape index (κ3) is 4.41. The van der Waals surface area contributed by atoms with E-state index in [0.29, 0.717) is 21.4 Å². The molecule has 0 fully saturated rings. The summed E-state index contributed by atoms with van der Waals surface area (Å²) in [5.41, 5.74) is 6.47. The summed E-state index contributed by atoms with van der Waals surface area (Å²) in [4.78, 5) is 4.15. The SMILES string of the molecule is CS(=O)(=O)CCC(N)c1nc(-c2ccc(Cl)c(Cl)c2)no1. The van der Waals surface area contributed by atoms with Gasteiger partial charge in [0.05, 0.1) is 21.8 Å². The summed E-state index contributed by atoms with van der Waals surface area (Å²) in [7, 11) is -3.08. The van der Waals surface area contributed by atoms with Crippen LogP contribution in [-0.2, 0) is 9.84 Å². The molecular weight excluding hydrogens is 337 g/mol. The zero-order chi connectivity index (χ0) is 15.6. The van der Waals surface area contributed by atoms with Gasteiger partial charge in [-0.3, -0.25) is 0 Å². The molecule has 0 saturated carbocycles. The summed E-state index contributed by atoms with van der Waals surface area (Å²) in [6.45, 7) is 0. The van der Waals surface area contributed by atoms with E-state index in [2.05, 4.69) is 10.1 Å². The predicted molar refractivity (Wildman–Crippen MR) is 81.0 cm³/mol. The van der Waals surface area contributed by atoms with E-state index in [-0.39, 0.29) is 18.1 Å². The number of sulfone groups is 1. The molecule has 114 valence electrons. The van der Waals surface area contributed by atoms with Crippen LogP contribution < -0.4 is 5.73 Å². The summed E-state index contributed by atoms with van der Waals surface area (Å²) in [6.07, 6.45) is 1.36. The first-order valence-corrected chi connectivity index (χ1v) is 8.80. The Morgan fingerprint density at radius 1 is 1.33 bits per heavy atom. The van der Waals surface area contributed by atoms with Gasteiger partial charge in [0.15, 0.2) is 0 Å². The number of rotatable bonds is 5. The second-order valence-electron chi connectivity index (χ2n) is 4.61. The third-order valence-electron chi connectivity index (χ3n) is 2.74. The summed E-state index contributed by atoms with van der Waals surface area (Å²) < 4.78 is 27.3. The molecule has 0 amide bonds. The fourth-order valence-electron chi connectivity index (χ4n) is 1.60. The Hall–Kier alpha value is -1.15. The molecule has 0 aliphatic rings. The molecule has 9 heteroatoms. The van der Waals surface area contributed by atoms with E-state index in [4.69, 9.17) is 33.5 Å². The van der Waals surface area contributed by atoms with Gasteiger partial charge in [-0.15, -0.1) is 0 Å².